The molecule has 2 fully saturated rings. The Morgan fingerprint density at radius 1 is 1.36 bits per heavy atom. The lowest BCUT2D eigenvalue weighted by atomic mass is 9.48. The first-order chi connectivity index (χ1) is 11.5. The van der Waals surface area contributed by atoms with Gasteiger partial charge in [-0.1, -0.05) is 12.1 Å². The zero-order valence-electron chi connectivity index (χ0n) is 14.0. The van der Waals surface area contributed by atoms with Gasteiger partial charge in [0.2, 0.25) is 0 Å². The van der Waals surface area contributed by atoms with Crippen LogP contribution in [0.4, 0.5) is 0 Å². The van der Waals surface area contributed by atoms with Gasteiger partial charge in [0, 0.05) is 18.2 Å². The minimum atomic E-state index is -0.940. The van der Waals surface area contributed by atoms with Crippen molar-refractivity contribution in [1.82, 2.24) is 4.90 Å². The molecule has 1 aromatic carbocycles. The van der Waals surface area contributed by atoms with Crippen molar-refractivity contribution in [2.45, 2.75) is 54.9 Å². The molecule has 1 spiro atoms. The lowest BCUT2D eigenvalue weighted by Gasteiger charge is -2.63. The number of ether oxygens (including phenoxy) is 1. The zero-order chi connectivity index (χ0) is 16.7. The van der Waals surface area contributed by atoms with Crippen LogP contribution in [0.1, 0.15) is 30.4 Å². The Morgan fingerprint density at radius 3 is 2.92 bits per heavy atom. The summed E-state index contributed by atoms with van der Waals surface area (Å²) in [5, 5.41) is 32.8. The summed E-state index contributed by atoms with van der Waals surface area (Å²) in [5.41, 5.74) is 0.518. The average Bonchev–Trinajstić information content (AvgIpc) is 2.91. The van der Waals surface area contributed by atoms with E-state index in [0.717, 1.165) is 37.1 Å². The average molecular weight is 365 g/mol. The minimum absolute atomic E-state index is 0. The van der Waals surface area contributed by atoms with Gasteiger partial charge in [0.05, 0.1) is 17.1 Å². The van der Waals surface area contributed by atoms with E-state index in [1.807, 2.05) is 12.1 Å². The molecule has 0 amide bonds. The Labute approximate surface area is 153 Å². The molecule has 0 aromatic heterocycles. The van der Waals surface area contributed by atoms with Crippen molar-refractivity contribution >= 4 is 0 Å². The molecule has 1 saturated heterocycles. The summed E-state index contributed by atoms with van der Waals surface area (Å²) >= 11 is 0. The fourth-order valence-electron chi connectivity index (χ4n) is 5.99. The van der Waals surface area contributed by atoms with Crippen molar-refractivity contribution < 1.29 is 32.5 Å². The quantitative estimate of drug-likeness (QED) is 0.535. The van der Waals surface area contributed by atoms with E-state index in [0.29, 0.717) is 18.6 Å². The number of likely N-dealkylation sites (tertiary alicyclic amines) is 1. The predicted molar refractivity (Wildman–Crippen MR) is 88.3 cm³/mol. The van der Waals surface area contributed by atoms with Crippen molar-refractivity contribution in [3.05, 3.63) is 35.9 Å². The van der Waals surface area contributed by atoms with Crippen LogP contribution in [0.2, 0.25) is 0 Å². The van der Waals surface area contributed by atoms with Crippen LogP contribution in [-0.2, 0) is 11.8 Å². The second kappa shape index (κ2) is 5.36. The summed E-state index contributed by atoms with van der Waals surface area (Å²) in [4.78, 5) is 2.31. The van der Waals surface area contributed by atoms with Crippen LogP contribution < -0.4 is 17.1 Å². The van der Waals surface area contributed by atoms with E-state index in [1.165, 1.54) is 0 Å². The highest BCUT2D eigenvalue weighted by molar-refractivity contribution is 5.62. The Hall–Kier alpha value is -1.27. The van der Waals surface area contributed by atoms with Crippen LogP contribution in [0.15, 0.2) is 24.8 Å². The van der Waals surface area contributed by atoms with E-state index in [-0.39, 0.29) is 24.2 Å². The maximum Gasteiger partial charge on any atom is 0.165 e. The van der Waals surface area contributed by atoms with E-state index in [9.17, 15) is 15.3 Å². The maximum absolute atomic E-state index is 11.9. The minimum Gasteiger partial charge on any atom is -1.00 e. The van der Waals surface area contributed by atoms with Gasteiger partial charge in [-0.15, -0.1) is 6.58 Å². The SMILES string of the molecule is C=CCN1CC[C@]23c4c5ccc(O)c4OC2C(O)CC[C@@]3(O)[C@H]1C5.[Cl-]. The van der Waals surface area contributed by atoms with E-state index in [4.69, 9.17) is 4.74 Å². The number of hydrogen-bond donors (Lipinski definition) is 3. The fraction of sp³-hybridized carbons (Fsp3) is 0.579. The van der Waals surface area contributed by atoms with Gasteiger partial charge >= 0.3 is 0 Å². The number of benzene rings is 1. The van der Waals surface area contributed by atoms with Gasteiger partial charge in [0.1, 0.15) is 6.10 Å². The van der Waals surface area contributed by atoms with Gasteiger partial charge < -0.3 is 32.5 Å². The second-order valence-electron chi connectivity index (χ2n) is 7.74. The smallest absolute Gasteiger partial charge is 0.165 e. The molecule has 0 radical (unpaired) electrons. The highest BCUT2D eigenvalue weighted by Gasteiger charge is 2.72. The monoisotopic (exact) mass is 364 g/mol. The van der Waals surface area contributed by atoms with Crippen molar-refractivity contribution in [2.75, 3.05) is 13.1 Å². The first kappa shape index (κ1) is 17.2. The lowest BCUT2D eigenvalue weighted by molar-refractivity contribution is -0.206. The van der Waals surface area contributed by atoms with Gasteiger partial charge in [-0.3, -0.25) is 4.90 Å². The highest BCUT2D eigenvalue weighted by Crippen LogP contribution is 2.65. The second-order valence-corrected chi connectivity index (χ2v) is 7.74. The molecule has 6 heteroatoms. The third-order valence-electron chi connectivity index (χ3n) is 6.91. The Morgan fingerprint density at radius 2 is 2.16 bits per heavy atom. The van der Waals surface area contributed by atoms with Crippen LogP contribution in [0.5, 0.6) is 11.5 Å². The van der Waals surface area contributed by atoms with Gasteiger partial charge in [-0.05, 0) is 43.9 Å². The summed E-state index contributed by atoms with van der Waals surface area (Å²) in [6.07, 6.45) is 3.33. The number of halogens is 1. The molecule has 4 aliphatic rings. The molecule has 2 bridgehead atoms. The third-order valence-corrected chi connectivity index (χ3v) is 6.91. The van der Waals surface area contributed by atoms with E-state index < -0.39 is 23.2 Å². The molecule has 1 saturated carbocycles. The van der Waals surface area contributed by atoms with Crippen LogP contribution in [0, 0.1) is 0 Å². The van der Waals surface area contributed by atoms with Gasteiger partial charge in [0.25, 0.3) is 0 Å². The molecule has 2 heterocycles. The fourth-order valence-corrected chi connectivity index (χ4v) is 5.99. The number of rotatable bonds is 2. The summed E-state index contributed by atoms with van der Waals surface area (Å²) < 4.78 is 6.08. The molecular weight excluding hydrogens is 342 g/mol. The standard InChI is InChI=1S/C19H23NO4.ClH/c1-2-8-20-9-7-18-15-11-3-4-12(21)16(15)24-17(18)13(22)5-6-19(18,23)14(20)10-11;/h2-4,13-14,17,21-23H,1,5-10H2;1H/p-1/t13?,14-,17?,18+,19-;/m1./s1. The first-order valence-electron chi connectivity index (χ1n) is 8.80. The molecule has 136 valence electrons. The molecule has 25 heavy (non-hydrogen) atoms. The number of piperidine rings is 1. The summed E-state index contributed by atoms with van der Waals surface area (Å²) in [5.74, 6) is 0.589. The number of hydrogen-bond acceptors (Lipinski definition) is 5. The number of aliphatic hydroxyl groups is 2. The number of phenolic OH excluding ortho intramolecular Hbond substituents is 1. The van der Waals surface area contributed by atoms with Crippen LogP contribution >= 0.6 is 0 Å². The molecule has 2 aliphatic heterocycles. The zero-order valence-corrected chi connectivity index (χ0v) is 14.7. The molecule has 5 rings (SSSR count). The van der Waals surface area contributed by atoms with E-state index in [2.05, 4.69) is 11.5 Å². The Balaban J connectivity index is 0.00000157. The van der Waals surface area contributed by atoms with Gasteiger partial charge in [-0.25, -0.2) is 0 Å². The highest BCUT2D eigenvalue weighted by atomic mass is 35.5. The first-order valence-corrected chi connectivity index (χ1v) is 8.80. The van der Waals surface area contributed by atoms with Crippen LogP contribution in [-0.4, -0.2) is 57.2 Å². The van der Waals surface area contributed by atoms with Crippen molar-refractivity contribution in [3.63, 3.8) is 0 Å². The number of phenols is 1. The van der Waals surface area contributed by atoms with Crippen LogP contribution in [0.25, 0.3) is 0 Å². The number of nitrogens with zero attached hydrogens (tertiary/aromatic N) is 1. The maximum atomic E-state index is 11.9. The molecule has 2 unspecified atom stereocenters. The lowest BCUT2D eigenvalue weighted by Crippen LogP contribution is -3.00. The molecule has 3 N–H and O–H groups in total. The van der Waals surface area contributed by atoms with Crippen LogP contribution in [0.3, 0.4) is 0 Å². The summed E-state index contributed by atoms with van der Waals surface area (Å²) in [7, 11) is 0. The van der Waals surface area contributed by atoms with Crippen molar-refractivity contribution in [1.29, 1.82) is 0 Å². The van der Waals surface area contributed by atoms with Crippen molar-refractivity contribution in [3.8, 4) is 11.5 Å². The van der Waals surface area contributed by atoms with Gasteiger partial charge in [0.15, 0.2) is 11.5 Å². The molecule has 1 aromatic rings. The molecule has 5 atom stereocenters. The van der Waals surface area contributed by atoms with E-state index in [1.54, 1.807) is 6.07 Å². The van der Waals surface area contributed by atoms with Gasteiger partial charge in [-0.2, -0.15) is 0 Å². The third kappa shape index (κ3) is 1.80. The topological polar surface area (TPSA) is 73.2 Å². The normalized spacial score (nSPS) is 40.6. The molecule has 5 nitrogen and oxygen atoms in total. The molecular formula is C19H23ClNO4-. The number of aliphatic hydroxyl groups excluding tert-OH is 1. The Kier molecular flexibility index (Phi) is 3.68. The van der Waals surface area contributed by atoms with Crippen molar-refractivity contribution in [2.24, 2.45) is 0 Å². The van der Waals surface area contributed by atoms with E-state index >= 15 is 0 Å². The largest absolute Gasteiger partial charge is 1.00 e. The summed E-state index contributed by atoms with van der Waals surface area (Å²) in [6.45, 7) is 5.44. The predicted octanol–water partition coefficient (Wildman–Crippen LogP) is -1.90. The summed E-state index contributed by atoms with van der Waals surface area (Å²) in [6, 6.07) is 3.62. The molecule has 2 aliphatic carbocycles. The number of aromatic hydroxyl groups is 1. The Bertz CT molecular complexity index is 740.